The molecule has 0 saturated heterocycles. The Bertz CT molecular complexity index is 843. The normalized spacial score (nSPS) is 13.0. The topological polar surface area (TPSA) is 48.4 Å². The Kier molecular flexibility index (Phi) is 5.09. The lowest BCUT2D eigenvalue weighted by atomic mass is 9.90. The molecule has 0 amide bonds. The minimum absolute atomic E-state index is 0.0645. The Hall–Kier alpha value is -2.33. The number of aryl methyl sites for hydroxylation is 1. The highest BCUT2D eigenvalue weighted by Gasteiger charge is 2.21. The van der Waals surface area contributed by atoms with E-state index in [-0.39, 0.29) is 18.5 Å². The maximum atomic E-state index is 12.7. The maximum Gasteiger partial charge on any atom is 0.260 e. The number of benzene rings is 1. The molecule has 0 N–H and O–H groups in total. The summed E-state index contributed by atoms with van der Waals surface area (Å²) in [6.07, 6.45) is 6.09. The van der Waals surface area contributed by atoms with E-state index in [2.05, 4.69) is 11.9 Å². The van der Waals surface area contributed by atoms with Gasteiger partial charge in [-0.25, -0.2) is 4.98 Å². The van der Waals surface area contributed by atoms with Crippen molar-refractivity contribution in [2.45, 2.75) is 27.2 Å². The molecule has 1 aliphatic rings. The minimum Gasteiger partial charge on any atom is -0.451 e. The number of nitrogens with zero attached hydrogens (tertiary/aromatic N) is 1. The van der Waals surface area contributed by atoms with Crippen molar-refractivity contribution in [1.29, 1.82) is 0 Å². The van der Waals surface area contributed by atoms with Gasteiger partial charge in [-0.15, -0.1) is 0 Å². The van der Waals surface area contributed by atoms with Crippen molar-refractivity contribution in [1.82, 2.24) is 4.98 Å². The van der Waals surface area contributed by atoms with Crippen LogP contribution in [0.15, 0.2) is 24.4 Å². The van der Waals surface area contributed by atoms with Crippen LogP contribution in [0.3, 0.4) is 0 Å². The number of rotatable bonds is 5. The molecule has 2 heterocycles. The van der Waals surface area contributed by atoms with Gasteiger partial charge in [-0.1, -0.05) is 56.6 Å². The van der Waals surface area contributed by atoms with E-state index >= 15 is 0 Å². The Morgan fingerprint density at radius 2 is 2.12 bits per heavy atom. The zero-order valence-corrected chi connectivity index (χ0v) is 15.3. The van der Waals surface area contributed by atoms with E-state index in [1.807, 2.05) is 44.2 Å². The molecule has 4 nitrogen and oxygen atoms in total. The quantitative estimate of drug-likeness (QED) is 0.704. The van der Waals surface area contributed by atoms with Crippen molar-refractivity contribution in [3.8, 4) is 11.6 Å². The fourth-order valence-corrected chi connectivity index (χ4v) is 3.02. The van der Waals surface area contributed by atoms with Crippen molar-refractivity contribution >= 4 is 29.5 Å². The summed E-state index contributed by atoms with van der Waals surface area (Å²) in [4.78, 5) is 16.8. The van der Waals surface area contributed by atoms with Crippen molar-refractivity contribution in [2.75, 3.05) is 6.79 Å². The molecule has 1 aliphatic heterocycles. The Morgan fingerprint density at radius 3 is 2.84 bits per heavy atom. The molecule has 3 rings (SSSR count). The average Bonchev–Trinajstić information content (AvgIpc) is 3.08. The number of aromatic nitrogens is 1. The monoisotopic (exact) mass is 357 g/mol. The van der Waals surface area contributed by atoms with Crippen LogP contribution in [0.4, 0.5) is 0 Å². The van der Waals surface area contributed by atoms with Gasteiger partial charge in [0.2, 0.25) is 6.79 Å². The van der Waals surface area contributed by atoms with Gasteiger partial charge in [0.15, 0.2) is 11.5 Å². The lowest BCUT2D eigenvalue weighted by Gasteiger charge is -2.13. The van der Waals surface area contributed by atoms with E-state index in [0.717, 1.165) is 23.1 Å². The second kappa shape index (κ2) is 7.28. The number of pyridine rings is 1. The molecule has 25 heavy (non-hydrogen) atoms. The van der Waals surface area contributed by atoms with Gasteiger partial charge >= 0.3 is 0 Å². The van der Waals surface area contributed by atoms with Crippen LogP contribution in [0.25, 0.3) is 12.2 Å². The van der Waals surface area contributed by atoms with Crippen molar-refractivity contribution in [3.05, 3.63) is 51.7 Å². The largest absolute Gasteiger partial charge is 0.451 e. The van der Waals surface area contributed by atoms with Crippen LogP contribution in [-0.2, 0) is 6.42 Å². The number of ether oxygens (including phenoxy) is 2. The van der Waals surface area contributed by atoms with E-state index in [1.54, 1.807) is 0 Å². The van der Waals surface area contributed by atoms with Gasteiger partial charge in [-0.05, 0) is 23.6 Å². The first kappa shape index (κ1) is 17.5. The molecule has 0 unspecified atom stereocenters. The van der Waals surface area contributed by atoms with Crippen molar-refractivity contribution < 1.29 is 14.3 Å². The molecule has 0 saturated carbocycles. The first-order chi connectivity index (χ1) is 12.0. The zero-order chi connectivity index (χ0) is 18.0. The van der Waals surface area contributed by atoms with Gasteiger partial charge in [0.1, 0.15) is 0 Å². The second-order valence-corrected chi connectivity index (χ2v) is 6.56. The predicted octanol–water partition coefficient (Wildman–Crippen LogP) is 5.04. The third-order valence-electron chi connectivity index (χ3n) is 4.15. The molecule has 0 spiro atoms. The molecule has 0 aliphatic carbocycles. The highest BCUT2D eigenvalue weighted by atomic mass is 35.5. The molecule has 1 aromatic carbocycles. The van der Waals surface area contributed by atoms with Crippen LogP contribution >= 0.6 is 11.6 Å². The summed E-state index contributed by atoms with van der Waals surface area (Å²) in [5.41, 5.74) is 3.40. The number of hydrogen-bond acceptors (Lipinski definition) is 4. The number of carbonyl (C=O) groups excluding carboxylic acids is 1. The van der Waals surface area contributed by atoms with Crippen LogP contribution in [0.2, 0.25) is 5.02 Å². The first-order valence-electron chi connectivity index (χ1n) is 8.31. The molecule has 0 atom stereocenters. The fraction of sp³-hybridized carbons (Fsp3) is 0.300. The molecule has 0 radical (unpaired) electrons. The summed E-state index contributed by atoms with van der Waals surface area (Å²) in [5.74, 6) is 1.05. The summed E-state index contributed by atoms with van der Waals surface area (Å²) in [5, 5.41) is 0.476. The van der Waals surface area contributed by atoms with Crippen molar-refractivity contribution in [2.24, 2.45) is 5.92 Å². The van der Waals surface area contributed by atoms with Crippen molar-refractivity contribution in [3.63, 3.8) is 0 Å². The van der Waals surface area contributed by atoms with Gasteiger partial charge in [0.25, 0.3) is 5.88 Å². The lowest BCUT2D eigenvalue weighted by molar-refractivity contribution is 0.0938. The van der Waals surface area contributed by atoms with Gasteiger partial charge in [0, 0.05) is 17.0 Å². The summed E-state index contributed by atoms with van der Waals surface area (Å²) >= 11 is 6.27. The predicted molar refractivity (Wildman–Crippen MR) is 99.3 cm³/mol. The first-order valence-corrected chi connectivity index (χ1v) is 8.69. The molecule has 2 aromatic rings. The second-order valence-electron chi connectivity index (χ2n) is 6.15. The number of fused-ring (bicyclic) bond motifs is 1. The van der Waals surface area contributed by atoms with E-state index in [9.17, 15) is 4.79 Å². The highest BCUT2D eigenvalue weighted by molar-refractivity contribution is 6.32. The summed E-state index contributed by atoms with van der Waals surface area (Å²) in [6.45, 7) is 6.02. The Labute approximate surface area is 152 Å². The van der Waals surface area contributed by atoms with E-state index in [0.29, 0.717) is 22.2 Å². The van der Waals surface area contributed by atoms with Crippen LogP contribution in [0.1, 0.15) is 47.8 Å². The van der Waals surface area contributed by atoms with Crippen LogP contribution in [0.5, 0.6) is 11.6 Å². The molecule has 0 fully saturated rings. The summed E-state index contributed by atoms with van der Waals surface area (Å²) < 4.78 is 10.8. The standard InChI is InChI=1S/C20H20ClNO3/c1-4-13-6-5-7-14(17(13)18(23)12(2)3)8-9-15-16(21)10-22-20-19(15)24-11-25-20/h5-10,12H,4,11H2,1-3H3/b9-8+. The number of hydrogen-bond donors (Lipinski definition) is 0. The molecule has 0 bridgehead atoms. The fourth-order valence-electron chi connectivity index (χ4n) is 2.82. The van der Waals surface area contributed by atoms with Gasteiger partial charge in [-0.3, -0.25) is 4.79 Å². The molecule has 130 valence electrons. The van der Waals surface area contributed by atoms with Crippen LogP contribution < -0.4 is 9.47 Å². The third kappa shape index (κ3) is 3.40. The maximum absolute atomic E-state index is 12.7. The molecular formula is C20H20ClNO3. The summed E-state index contributed by atoms with van der Waals surface area (Å²) in [7, 11) is 0. The SMILES string of the molecule is CCc1cccc(/C=C/c2c(Cl)cnc3c2OCO3)c1C(=O)C(C)C. The molecule has 5 heteroatoms. The van der Waals surface area contributed by atoms with Gasteiger partial charge in [-0.2, -0.15) is 0 Å². The van der Waals surface area contributed by atoms with E-state index in [1.165, 1.54) is 6.20 Å². The summed E-state index contributed by atoms with van der Waals surface area (Å²) in [6, 6.07) is 5.91. The minimum atomic E-state index is -0.0645. The van der Waals surface area contributed by atoms with E-state index < -0.39 is 0 Å². The number of halogens is 1. The molecular weight excluding hydrogens is 338 g/mol. The number of Topliss-reactive ketones (excluding diaryl/α,β-unsaturated/α-hetero) is 1. The smallest absolute Gasteiger partial charge is 0.260 e. The lowest BCUT2D eigenvalue weighted by Crippen LogP contribution is -2.12. The Morgan fingerprint density at radius 1 is 1.32 bits per heavy atom. The number of carbonyl (C=O) groups is 1. The van der Waals surface area contributed by atoms with E-state index in [4.69, 9.17) is 21.1 Å². The number of ketones is 1. The van der Waals surface area contributed by atoms with Gasteiger partial charge in [0.05, 0.1) is 11.2 Å². The van der Waals surface area contributed by atoms with Crippen LogP contribution in [-0.4, -0.2) is 17.6 Å². The van der Waals surface area contributed by atoms with Gasteiger partial charge < -0.3 is 9.47 Å². The Balaban J connectivity index is 2.06. The van der Waals surface area contributed by atoms with Crippen LogP contribution in [0, 0.1) is 5.92 Å². The average molecular weight is 358 g/mol. The zero-order valence-electron chi connectivity index (χ0n) is 14.5. The highest BCUT2D eigenvalue weighted by Crippen LogP contribution is 2.38. The third-order valence-corrected chi connectivity index (χ3v) is 4.46. The molecule has 1 aromatic heterocycles.